The summed E-state index contributed by atoms with van der Waals surface area (Å²) in [7, 11) is 0. The molecule has 9 heteroatoms. The Labute approximate surface area is 180 Å². The SMILES string of the molecule is Cl.O=C(c1ccc(Oc2ccccc2)o1)N1CCC(c2nnc3n2CCNC3)CC1. The van der Waals surface area contributed by atoms with Gasteiger partial charge in [-0.15, -0.1) is 22.6 Å². The van der Waals surface area contributed by atoms with Crippen molar-refractivity contribution < 1.29 is 13.9 Å². The Morgan fingerprint density at radius 3 is 2.67 bits per heavy atom. The largest absolute Gasteiger partial charge is 0.426 e. The highest BCUT2D eigenvalue weighted by Gasteiger charge is 2.30. The van der Waals surface area contributed by atoms with Gasteiger partial charge in [-0.2, -0.15) is 0 Å². The van der Waals surface area contributed by atoms with Crippen molar-refractivity contribution in [1.29, 1.82) is 0 Å². The molecule has 4 heterocycles. The minimum absolute atomic E-state index is 0. The summed E-state index contributed by atoms with van der Waals surface area (Å²) in [6.07, 6.45) is 1.76. The number of hydrogen-bond donors (Lipinski definition) is 1. The number of benzene rings is 1. The molecule has 0 aliphatic carbocycles. The van der Waals surface area contributed by atoms with E-state index in [0.717, 1.165) is 44.1 Å². The zero-order chi connectivity index (χ0) is 19.6. The van der Waals surface area contributed by atoms with Crippen molar-refractivity contribution >= 4 is 18.3 Å². The van der Waals surface area contributed by atoms with Gasteiger partial charge < -0.3 is 23.9 Å². The summed E-state index contributed by atoms with van der Waals surface area (Å²) in [6.45, 7) is 3.99. The minimum atomic E-state index is -0.0983. The number of nitrogens with one attached hydrogen (secondary N) is 1. The number of fused-ring (bicyclic) bond motifs is 1. The van der Waals surface area contributed by atoms with E-state index in [-0.39, 0.29) is 18.3 Å². The lowest BCUT2D eigenvalue weighted by molar-refractivity contribution is 0.0673. The van der Waals surface area contributed by atoms with Crippen LogP contribution in [-0.2, 0) is 13.1 Å². The van der Waals surface area contributed by atoms with Crippen LogP contribution >= 0.6 is 12.4 Å². The summed E-state index contributed by atoms with van der Waals surface area (Å²) >= 11 is 0. The highest BCUT2D eigenvalue weighted by molar-refractivity contribution is 5.91. The molecule has 0 spiro atoms. The molecule has 0 unspecified atom stereocenters. The fourth-order valence-electron chi connectivity index (χ4n) is 4.01. The number of likely N-dealkylation sites (tertiary alicyclic amines) is 1. The van der Waals surface area contributed by atoms with Crippen molar-refractivity contribution in [3.8, 4) is 11.7 Å². The van der Waals surface area contributed by atoms with Crippen LogP contribution in [-0.4, -0.2) is 45.2 Å². The number of furan rings is 1. The normalized spacial score (nSPS) is 16.6. The maximum atomic E-state index is 12.8. The van der Waals surface area contributed by atoms with Crippen LogP contribution in [0.15, 0.2) is 46.9 Å². The summed E-state index contributed by atoms with van der Waals surface area (Å²) in [6, 6.07) is 12.7. The average Bonchev–Trinajstić information content (AvgIpc) is 3.41. The molecule has 5 rings (SSSR count). The third-order valence-corrected chi connectivity index (χ3v) is 5.55. The van der Waals surface area contributed by atoms with Gasteiger partial charge in [0.1, 0.15) is 17.4 Å². The Bertz CT molecular complexity index is 995. The molecule has 0 radical (unpaired) electrons. The molecule has 2 aliphatic rings. The predicted octanol–water partition coefficient (Wildman–Crippen LogP) is 3.21. The molecule has 1 saturated heterocycles. The van der Waals surface area contributed by atoms with Gasteiger partial charge in [-0.05, 0) is 31.0 Å². The second-order valence-electron chi connectivity index (χ2n) is 7.40. The van der Waals surface area contributed by atoms with Crippen LogP contribution < -0.4 is 10.1 Å². The van der Waals surface area contributed by atoms with Crippen molar-refractivity contribution in [2.24, 2.45) is 0 Å². The van der Waals surface area contributed by atoms with E-state index >= 15 is 0 Å². The molecule has 0 atom stereocenters. The van der Waals surface area contributed by atoms with Crippen molar-refractivity contribution in [1.82, 2.24) is 25.0 Å². The van der Waals surface area contributed by atoms with Gasteiger partial charge in [-0.25, -0.2) is 0 Å². The second-order valence-corrected chi connectivity index (χ2v) is 7.40. The summed E-state index contributed by atoms with van der Waals surface area (Å²) in [5, 5.41) is 12.1. The van der Waals surface area contributed by atoms with E-state index in [1.54, 1.807) is 12.1 Å². The number of amides is 1. The van der Waals surface area contributed by atoms with Gasteiger partial charge in [0.2, 0.25) is 0 Å². The van der Waals surface area contributed by atoms with Crippen LogP contribution in [0.2, 0.25) is 0 Å². The first-order chi connectivity index (χ1) is 14.3. The number of carbonyl (C=O) groups is 1. The van der Waals surface area contributed by atoms with Gasteiger partial charge >= 0.3 is 0 Å². The number of hydrogen-bond acceptors (Lipinski definition) is 6. The number of halogens is 1. The van der Waals surface area contributed by atoms with Crippen LogP contribution in [0.25, 0.3) is 0 Å². The highest BCUT2D eigenvalue weighted by Crippen LogP contribution is 2.30. The topological polar surface area (TPSA) is 85.4 Å². The molecule has 3 aromatic rings. The van der Waals surface area contributed by atoms with Gasteiger partial charge in [0.25, 0.3) is 11.9 Å². The fourth-order valence-corrected chi connectivity index (χ4v) is 4.01. The van der Waals surface area contributed by atoms with Crippen LogP contribution in [0, 0.1) is 0 Å². The molecule has 1 N–H and O–H groups in total. The van der Waals surface area contributed by atoms with Crippen molar-refractivity contribution in [2.45, 2.75) is 31.8 Å². The van der Waals surface area contributed by atoms with E-state index in [2.05, 4.69) is 20.1 Å². The molecule has 1 aromatic carbocycles. The molecule has 0 saturated carbocycles. The molecule has 0 bridgehead atoms. The summed E-state index contributed by atoms with van der Waals surface area (Å²) in [5.41, 5.74) is 0. The third kappa shape index (κ3) is 4.06. The smallest absolute Gasteiger partial charge is 0.290 e. The van der Waals surface area contributed by atoms with Gasteiger partial charge in [-0.3, -0.25) is 4.79 Å². The van der Waals surface area contributed by atoms with Crippen LogP contribution in [0.5, 0.6) is 11.7 Å². The number of ether oxygens (including phenoxy) is 1. The summed E-state index contributed by atoms with van der Waals surface area (Å²) in [5.74, 6) is 3.61. The molecule has 8 nitrogen and oxygen atoms in total. The predicted molar refractivity (Wildman–Crippen MR) is 112 cm³/mol. The van der Waals surface area contributed by atoms with Crippen LogP contribution in [0.4, 0.5) is 0 Å². The number of para-hydroxylation sites is 1. The molecular weight excluding hydrogens is 406 g/mol. The van der Waals surface area contributed by atoms with Gasteiger partial charge in [0, 0.05) is 38.2 Å². The lowest BCUT2D eigenvalue weighted by Gasteiger charge is -2.31. The van der Waals surface area contributed by atoms with E-state index in [0.29, 0.717) is 36.5 Å². The van der Waals surface area contributed by atoms with E-state index in [9.17, 15) is 4.79 Å². The minimum Gasteiger partial charge on any atom is -0.426 e. The molecule has 1 amide bonds. The van der Waals surface area contributed by atoms with E-state index in [1.165, 1.54) is 0 Å². The molecule has 2 aliphatic heterocycles. The first kappa shape index (κ1) is 20.4. The highest BCUT2D eigenvalue weighted by atomic mass is 35.5. The molecule has 2 aromatic heterocycles. The van der Waals surface area contributed by atoms with Crippen LogP contribution in [0.3, 0.4) is 0 Å². The van der Waals surface area contributed by atoms with Crippen molar-refractivity contribution in [3.05, 3.63) is 59.9 Å². The van der Waals surface area contributed by atoms with Gasteiger partial charge in [0.15, 0.2) is 5.76 Å². The zero-order valence-electron chi connectivity index (χ0n) is 16.5. The average molecular weight is 430 g/mol. The Hall–Kier alpha value is -2.84. The summed E-state index contributed by atoms with van der Waals surface area (Å²) in [4.78, 5) is 14.7. The number of aromatic nitrogens is 3. The Morgan fingerprint density at radius 1 is 1.07 bits per heavy atom. The molecule has 1 fully saturated rings. The molecular formula is C21H24ClN5O3. The van der Waals surface area contributed by atoms with E-state index < -0.39 is 0 Å². The molecule has 30 heavy (non-hydrogen) atoms. The van der Waals surface area contributed by atoms with Crippen molar-refractivity contribution in [3.63, 3.8) is 0 Å². The van der Waals surface area contributed by atoms with Crippen LogP contribution in [0.1, 0.15) is 41.0 Å². The van der Waals surface area contributed by atoms with Gasteiger partial charge in [-0.1, -0.05) is 18.2 Å². The first-order valence-electron chi connectivity index (χ1n) is 10.0. The Morgan fingerprint density at radius 2 is 1.87 bits per heavy atom. The zero-order valence-corrected chi connectivity index (χ0v) is 17.3. The summed E-state index contributed by atoms with van der Waals surface area (Å²) < 4.78 is 13.5. The van der Waals surface area contributed by atoms with Gasteiger partial charge in [0.05, 0.1) is 6.54 Å². The quantitative estimate of drug-likeness (QED) is 0.685. The number of carbonyl (C=O) groups excluding carboxylic acids is 1. The van der Waals surface area contributed by atoms with E-state index in [1.807, 2.05) is 35.2 Å². The van der Waals surface area contributed by atoms with Crippen molar-refractivity contribution in [2.75, 3.05) is 19.6 Å². The first-order valence-corrected chi connectivity index (χ1v) is 10.0. The Balaban J connectivity index is 0.00000218. The maximum Gasteiger partial charge on any atom is 0.290 e. The standard InChI is InChI=1S/C21H23N5O3.ClH/c27-21(17-6-7-19(29-17)28-16-4-2-1-3-5-16)25-11-8-15(9-12-25)20-24-23-18-14-22-10-13-26(18)20;/h1-7,15,22H,8-14H2;1H. The number of nitrogens with zero attached hydrogens (tertiary/aromatic N) is 4. The lowest BCUT2D eigenvalue weighted by Crippen LogP contribution is -2.38. The second kappa shape index (κ2) is 8.89. The monoisotopic (exact) mass is 429 g/mol. The molecule has 158 valence electrons. The third-order valence-electron chi connectivity index (χ3n) is 5.55. The number of rotatable bonds is 4. The maximum absolute atomic E-state index is 12.8. The Kier molecular flexibility index (Phi) is 6.06. The van der Waals surface area contributed by atoms with E-state index in [4.69, 9.17) is 9.15 Å². The fraction of sp³-hybridized carbons (Fsp3) is 0.381. The lowest BCUT2D eigenvalue weighted by atomic mass is 9.95. The number of piperidine rings is 1.